The van der Waals surface area contributed by atoms with Crippen molar-refractivity contribution in [1.82, 2.24) is 10.7 Å². The van der Waals surface area contributed by atoms with Crippen LogP contribution < -0.4 is 15.5 Å². The zero-order valence-electron chi connectivity index (χ0n) is 16.0. The normalized spacial score (nSPS) is 10.6. The van der Waals surface area contributed by atoms with Crippen LogP contribution in [-0.4, -0.2) is 18.0 Å². The minimum absolute atomic E-state index is 0.0474. The zero-order chi connectivity index (χ0) is 21.2. The predicted molar refractivity (Wildman–Crippen MR) is 111 cm³/mol. The molecule has 0 fully saturated rings. The number of amides is 2. The summed E-state index contributed by atoms with van der Waals surface area (Å²) in [7, 11) is 0. The first-order valence-electron chi connectivity index (χ1n) is 9.24. The molecule has 0 heterocycles. The first kappa shape index (κ1) is 20.7. The van der Waals surface area contributed by atoms with Crippen LogP contribution in [-0.2, 0) is 22.7 Å². The molecule has 30 heavy (non-hydrogen) atoms. The van der Waals surface area contributed by atoms with Gasteiger partial charge in [-0.05, 0) is 23.8 Å². The van der Waals surface area contributed by atoms with Gasteiger partial charge in [-0.2, -0.15) is 5.10 Å². The Morgan fingerprint density at radius 1 is 0.900 bits per heavy atom. The second kappa shape index (κ2) is 10.5. The summed E-state index contributed by atoms with van der Waals surface area (Å²) in [5, 5.41) is 6.33. The summed E-state index contributed by atoms with van der Waals surface area (Å²) in [4.78, 5) is 23.7. The van der Waals surface area contributed by atoms with Crippen molar-refractivity contribution in [2.45, 2.75) is 13.2 Å². The smallest absolute Gasteiger partial charge is 0.329 e. The highest BCUT2D eigenvalue weighted by Crippen LogP contribution is 2.18. The van der Waals surface area contributed by atoms with Gasteiger partial charge in [-0.25, -0.2) is 9.82 Å². The first-order valence-corrected chi connectivity index (χ1v) is 9.24. The van der Waals surface area contributed by atoms with E-state index in [2.05, 4.69) is 15.8 Å². The summed E-state index contributed by atoms with van der Waals surface area (Å²) < 4.78 is 19.4. The van der Waals surface area contributed by atoms with Crippen molar-refractivity contribution in [2.24, 2.45) is 5.10 Å². The average molecular weight is 405 g/mol. The van der Waals surface area contributed by atoms with E-state index >= 15 is 0 Å². The molecule has 3 aromatic carbocycles. The molecule has 0 spiro atoms. The van der Waals surface area contributed by atoms with Gasteiger partial charge in [0.15, 0.2) is 0 Å². The van der Waals surface area contributed by atoms with E-state index in [1.54, 1.807) is 42.5 Å². The van der Waals surface area contributed by atoms with E-state index in [-0.39, 0.29) is 19.0 Å². The summed E-state index contributed by atoms with van der Waals surface area (Å²) in [6.45, 7) is 0.287. The first-order chi connectivity index (χ1) is 14.6. The number of hydrogen-bond donors (Lipinski definition) is 2. The van der Waals surface area contributed by atoms with E-state index in [0.717, 1.165) is 5.56 Å². The molecule has 6 nitrogen and oxygen atoms in total. The van der Waals surface area contributed by atoms with Crippen LogP contribution in [0.25, 0.3) is 0 Å². The lowest BCUT2D eigenvalue weighted by atomic mass is 10.2. The van der Waals surface area contributed by atoms with Crippen molar-refractivity contribution in [3.8, 4) is 5.75 Å². The molecule has 0 atom stereocenters. The summed E-state index contributed by atoms with van der Waals surface area (Å²) in [6.07, 6.45) is 1.36. The number of nitrogens with zero attached hydrogens (tertiary/aromatic N) is 1. The van der Waals surface area contributed by atoms with Crippen molar-refractivity contribution >= 4 is 18.0 Å². The molecule has 0 radical (unpaired) electrons. The molecule has 0 unspecified atom stereocenters. The van der Waals surface area contributed by atoms with E-state index in [1.165, 1.54) is 12.3 Å². The zero-order valence-corrected chi connectivity index (χ0v) is 16.0. The number of carbonyl (C=O) groups is 2. The minimum atomic E-state index is -0.882. The molecule has 152 valence electrons. The van der Waals surface area contributed by atoms with E-state index in [0.29, 0.717) is 16.9 Å². The highest BCUT2D eigenvalue weighted by atomic mass is 19.1. The monoisotopic (exact) mass is 405 g/mol. The van der Waals surface area contributed by atoms with Crippen LogP contribution in [0.15, 0.2) is 84.0 Å². The molecule has 0 aromatic heterocycles. The molecular weight excluding hydrogens is 385 g/mol. The summed E-state index contributed by atoms with van der Waals surface area (Å²) in [5.74, 6) is -1.56. The number of carbonyl (C=O) groups excluding carboxylic acids is 2. The van der Waals surface area contributed by atoms with Crippen molar-refractivity contribution in [1.29, 1.82) is 0 Å². The molecule has 0 aliphatic carbocycles. The fourth-order valence-electron chi connectivity index (χ4n) is 2.56. The van der Waals surface area contributed by atoms with Crippen LogP contribution in [0, 0.1) is 5.82 Å². The van der Waals surface area contributed by atoms with Gasteiger partial charge in [0.2, 0.25) is 0 Å². The number of hydrogen-bond acceptors (Lipinski definition) is 4. The largest absolute Gasteiger partial charge is 0.488 e. The van der Waals surface area contributed by atoms with Gasteiger partial charge in [0.1, 0.15) is 18.2 Å². The Morgan fingerprint density at radius 3 is 2.40 bits per heavy atom. The van der Waals surface area contributed by atoms with Crippen LogP contribution in [0.3, 0.4) is 0 Å². The van der Waals surface area contributed by atoms with Crippen LogP contribution in [0.2, 0.25) is 0 Å². The van der Waals surface area contributed by atoms with Crippen LogP contribution in [0.1, 0.15) is 16.7 Å². The van der Waals surface area contributed by atoms with Gasteiger partial charge in [0, 0.05) is 17.7 Å². The Morgan fingerprint density at radius 2 is 1.60 bits per heavy atom. The standard InChI is InChI=1S/C23H20FN3O3/c24-20-12-6-4-11-19(20)16-30-21-13-7-5-10-18(21)15-26-27-23(29)22(28)25-14-17-8-2-1-3-9-17/h1-13,15H,14,16H2,(H,25,28)(H,27,29)/b26-15-. The molecule has 3 rings (SSSR count). The van der Waals surface area contributed by atoms with Crippen molar-refractivity contribution in [3.63, 3.8) is 0 Å². The van der Waals surface area contributed by atoms with Crippen LogP contribution >= 0.6 is 0 Å². The number of ether oxygens (including phenoxy) is 1. The maximum absolute atomic E-state index is 13.7. The van der Waals surface area contributed by atoms with Crippen molar-refractivity contribution < 1.29 is 18.7 Å². The maximum Gasteiger partial charge on any atom is 0.329 e. The van der Waals surface area contributed by atoms with Gasteiger partial charge in [0.05, 0.1) is 6.21 Å². The second-order valence-corrected chi connectivity index (χ2v) is 6.29. The van der Waals surface area contributed by atoms with Gasteiger partial charge in [-0.1, -0.05) is 60.7 Å². The van der Waals surface area contributed by atoms with Gasteiger partial charge in [0.25, 0.3) is 0 Å². The highest BCUT2D eigenvalue weighted by molar-refractivity contribution is 6.35. The Kier molecular flexibility index (Phi) is 7.27. The van der Waals surface area contributed by atoms with Crippen molar-refractivity contribution in [2.75, 3.05) is 0 Å². The molecular formula is C23H20FN3O3. The molecule has 0 saturated carbocycles. The fraction of sp³-hybridized carbons (Fsp3) is 0.0870. The summed E-state index contributed by atoms with van der Waals surface area (Å²) in [6, 6.07) is 22.5. The van der Waals surface area contributed by atoms with E-state index in [1.807, 2.05) is 30.3 Å². The quantitative estimate of drug-likeness (QED) is 0.360. The maximum atomic E-state index is 13.7. The van der Waals surface area contributed by atoms with Gasteiger partial charge < -0.3 is 10.1 Å². The SMILES string of the molecule is O=C(NCc1ccccc1)C(=O)N/N=C\c1ccccc1OCc1ccccc1F. The molecule has 0 bridgehead atoms. The molecule has 2 N–H and O–H groups in total. The second-order valence-electron chi connectivity index (χ2n) is 6.29. The minimum Gasteiger partial charge on any atom is -0.488 e. The topological polar surface area (TPSA) is 79.8 Å². The Bertz CT molecular complexity index is 1040. The van der Waals surface area contributed by atoms with Gasteiger partial charge in [-0.15, -0.1) is 0 Å². The highest BCUT2D eigenvalue weighted by Gasteiger charge is 2.12. The van der Waals surface area contributed by atoms with E-state index in [4.69, 9.17) is 4.74 Å². The Hall–Kier alpha value is -4.00. The lowest BCUT2D eigenvalue weighted by Gasteiger charge is -2.09. The third-order valence-corrected chi connectivity index (χ3v) is 4.13. The number of benzene rings is 3. The lowest BCUT2D eigenvalue weighted by Crippen LogP contribution is -2.37. The molecule has 2 amide bonds. The Balaban J connectivity index is 1.53. The van der Waals surface area contributed by atoms with Crippen molar-refractivity contribution in [3.05, 3.63) is 101 Å². The molecule has 3 aromatic rings. The molecule has 0 aliphatic heterocycles. The molecule has 0 saturated heterocycles. The van der Waals surface area contributed by atoms with Gasteiger partial charge >= 0.3 is 11.8 Å². The Labute approximate surface area is 173 Å². The summed E-state index contributed by atoms with van der Waals surface area (Å²) >= 11 is 0. The average Bonchev–Trinajstić information content (AvgIpc) is 2.78. The number of para-hydroxylation sites is 1. The fourth-order valence-corrected chi connectivity index (χ4v) is 2.56. The van der Waals surface area contributed by atoms with Crippen LogP contribution in [0.5, 0.6) is 5.75 Å². The number of hydrazone groups is 1. The predicted octanol–water partition coefficient (Wildman–Crippen LogP) is 3.17. The molecule has 0 aliphatic rings. The van der Waals surface area contributed by atoms with E-state index < -0.39 is 11.8 Å². The third kappa shape index (κ3) is 6.00. The number of rotatable bonds is 7. The third-order valence-electron chi connectivity index (χ3n) is 4.13. The summed E-state index contributed by atoms with van der Waals surface area (Å²) in [5.41, 5.74) is 4.05. The van der Waals surface area contributed by atoms with Gasteiger partial charge in [-0.3, -0.25) is 9.59 Å². The number of halogens is 1. The molecule has 7 heteroatoms. The van der Waals surface area contributed by atoms with Crippen LogP contribution in [0.4, 0.5) is 4.39 Å². The van der Waals surface area contributed by atoms with E-state index in [9.17, 15) is 14.0 Å². The number of nitrogens with one attached hydrogen (secondary N) is 2. The lowest BCUT2D eigenvalue weighted by molar-refractivity contribution is -0.139.